The summed E-state index contributed by atoms with van der Waals surface area (Å²) in [4.78, 5) is 10.7. The second-order valence-corrected chi connectivity index (χ2v) is 3.07. The molecule has 0 fully saturated rings. The Morgan fingerprint density at radius 2 is 2.00 bits per heavy atom. The lowest BCUT2D eigenvalue weighted by Gasteiger charge is -2.23. The lowest BCUT2D eigenvalue weighted by atomic mass is 10.3. The van der Waals surface area contributed by atoms with Crippen LogP contribution in [-0.2, 0) is 19.0 Å². The van der Waals surface area contributed by atoms with Gasteiger partial charge in [-0.05, 0) is 13.8 Å². The van der Waals surface area contributed by atoms with Gasteiger partial charge in [-0.3, -0.25) is 14.3 Å². The highest BCUT2D eigenvalue weighted by molar-refractivity contribution is 5.66. The molecule has 6 heteroatoms. The Kier molecular flexibility index (Phi) is 2.36. The fourth-order valence-electron chi connectivity index (χ4n) is 0.885. The van der Waals surface area contributed by atoms with Crippen LogP contribution in [0.25, 0.3) is 0 Å². The molecular formula is C7H12N2O4. The summed E-state index contributed by atoms with van der Waals surface area (Å²) in [6.45, 7) is 4.60. The Labute approximate surface area is 75.9 Å². The molecule has 0 radical (unpaired) electrons. The van der Waals surface area contributed by atoms with Gasteiger partial charge in [-0.15, -0.1) is 0 Å². The molecule has 0 aromatic carbocycles. The van der Waals surface area contributed by atoms with E-state index < -0.39 is 17.8 Å². The SMILES string of the molecule is CO[C@]1(OC(C)=O)N=NC(C)(C)O1. The number of azo groups is 1. The zero-order valence-corrected chi connectivity index (χ0v) is 8.03. The highest BCUT2D eigenvalue weighted by Crippen LogP contribution is 2.32. The van der Waals surface area contributed by atoms with E-state index in [0.717, 1.165) is 0 Å². The average Bonchev–Trinajstić information content (AvgIpc) is 2.26. The van der Waals surface area contributed by atoms with E-state index in [1.807, 2.05) is 0 Å². The first-order valence-electron chi connectivity index (χ1n) is 3.78. The van der Waals surface area contributed by atoms with Crippen molar-refractivity contribution in [2.45, 2.75) is 32.6 Å². The molecule has 6 nitrogen and oxygen atoms in total. The van der Waals surface area contributed by atoms with Crippen molar-refractivity contribution in [3.63, 3.8) is 0 Å². The lowest BCUT2D eigenvalue weighted by molar-refractivity contribution is -0.358. The predicted octanol–water partition coefficient (Wildman–Crippen LogP) is 1.03. The molecule has 0 saturated heterocycles. The van der Waals surface area contributed by atoms with E-state index in [0.29, 0.717) is 0 Å². The van der Waals surface area contributed by atoms with Gasteiger partial charge < -0.3 is 4.74 Å². The summed E-state index contributed by atoms with van der Waals surface area (Å²) in [6, 6.07) is 0. The zero-order valence-electron chi connectivity index (χ0n) is 8.03. The van der Waals surface area contributed by atoms with E-state index in [-0.39, 0.29) is 0 Å². The molecule has 0 aromatic heterocycles. The number of hydrogen-bond acceptors (Lipinski definition) is 6. The molecule has 0 aliphatic carbocycles. The summed E-state index contributed by atoms with van der Waals surface area (Å²) < 4.78 is 14.8. The molecule has 1 aliphatic rings. The largest absolute Gasteiger partial charge is 0.464 e. The van der Waals surface area contributed by atoms with Gasteiger partial charge in [-0.1, -0.05) is 5.11 Å². The van der Waals surface area contributed by atoms with Crippen LogP contribution in [0.15, 0.2) is 10.2 Å². The van der Waals surface area contributed by atoms with Crippen molar-refractivity contribution < 1.29 is 19.0 Å². The Morgan fingerprint density at radius 1 is 1.38 bits per heavy atom. The summed E-state index contributed by atoms with van der Waals surface area (Å²) in [5, 5.41) is 7.36. The first-order chi connectivity index (χ1) is 5.89. The van der Waals surface area contributed by atoms with Gasteiger partial charge in [-0.25, -0.2) is 0 Å². The van der Waals surface area contributed by atoms with Crippen LogP contribution >= 0.6 is 0 Å². The van der Waals surface area contributed by atoms with Crippen molar-refractivity contribution in [2.75, 3.05) is 7.11 Å². The normalized spacial score (nSPS) is 30.5. The standard InChI is InChI=1S/C7H12N2O4/c1-5(10)12-7(11-4)9-8-6(2,3)13-7/h1-4H3/t7-/m0/s1. The molecule has 0 bridgehead atoms. The maximum atomic E-state index is 10.7. The summed E-state index contributed by atoms with van der Waals surface area (Å²) in [7, 11) is 1.32. The van der Waals surface area contributed by atoms with E-state index >= 15 is 0 Å². The quantitative estimate of drug-likeness (QED) is 0.479. The number of esters is 1. The second-order valence-electron chi connectivity index (χ2n) is 3.07. The number of carbonyl (C=O) groups excluding carboxylic acids is 1. The smallest absolute Gasteiger partial charge is 0.387 e. The Balaban J connectivity index is 2.76. The molecule has 13 heavy (non-hydrogen) atoms. The van der Waals surface area contributed by atoms with Crippen molar-refractivity contribution in [1.82, 2.24) is 0 Å². The van der Waals surface area contributed by atoms with Gasteiger partial charge in [0.2, 0.25) is 0 Å². The van der Waals surface area contributed by atoms with E-state index in [2.05, 4.69) is 10.2 Å². The maximum absolute atomic E-state index is 10.7. The number of nitrogens with zero attached hydrogens (tertiary/aromatic N) is 2. The minimum absolute atomic E-state index is 0.543. The molecule has 0 aromatic rings. The Morgan fingerprint density at radius 3 is 2.31 bits per heavy atom. The molecule has 1 atom stereocenters. The van der Waals surface area contributed by atoms with Crippen LogP contribution in [0.2, 0.25) is 0 Å². The van der Waals surface area contributed by atoms with E-state index in [4.69, 9.17) is 14.2 Å². The van der Waals surface area contributed by atoms with Crippen LogP contribution in [0.1, 0.15) is 20.8 Å². The minimum atomic E-state index is -1.70. The molecule has 74 valence electrons. The van der Waals surface area contributed by atoms with Gasteiger partial charge in [0, 0.05) is 14.0 Å². The van der Waals surface area contributed by atoms with Crippen LogP contribution in [-0.4, -0.2) is 24.9 Å². The third kappa shape index (κ3) is 2.22. The van der Waals surface area contributed by atoms with Gasteiger partial charge >= 0.3 is 12.1 Å². The summed E-state index contributed by atoms with van der Waals surface area (Å²) in [5.41, 5.74) is -0.828. The third-order valence-electron chi connectivity index (χ3n) is 1.32. The van der Waals surface area contributed by atoms with Crippen molar-refractivity contribution in [3.8, 4) is 0 Å². The van der Waals surface area contributed by atoms with Gasteiger partial charge in [0.25, 0.3) is 0 Å². The number of carbonyl (C=O) groups is 1. The Hall–Kier alpha value is -1.01. The number of ether oxygens (including phenoxy) is 3. The van der Waals surface area contributed by atoms with E-state index in [9.17, 15) is 4.79 Å². The van der Waals surface area contributed by atoms with Gasteiger partial charge in [-0.2, -0.15) is 5.11 Å². The Bertz CT molecular complexity index is 251. The maximum Gasteiger partial charge on any atom is 0.464 e. The van der Waals surface area contributed by atoms with Crippen molar-refractivity contribution in [3.05, 3.63) is 0 Å². The highest BCUT2D eigenvalue weighted by Gasteiger charge is 2.47. The lowest BCUT2D eigenvalue weighted by Crippen LogP contribution is -2.39. The molecule has 0 unspecified atom stereocenters. The molecule has 0 saturated carbocycles. The first kappa shape index (κ1) is 10.1. The van der Waals surface area contributed by atoms with Crippen LogP contribution in [0.5, 0.6) is 0 Å². The van der Waals surface area contributed by atoms with E-state index in [1.54, 1.807) is 13.8 Å². The molecular weight excluding hydrogens is 176 g/mol. The number of hydrogen-bond donors (Lipinski definition) is 0. The van der Waals surface area contributed by atoms with Crippen LogP contribution in [0.3, 0.4) is 0 Å². The van der Waals surface area contributed by atoms with Gasteiger partial charge in [0.05, 0.1) is 0 Å². The molecule has 1 aliphatic heterocycles. The second kappa shape index (κ2) is 3.04. The van der Waals surface area contributed by atoms with Crippen LogP contribution < -0.4 is 0 Å². The number of methoxy groups -OCH3 is 1. The van der Waals surface area contributed by atoms with Crippen LogP contribution in [0, 0.1) is 0 Å². The van der Waals surface area contributed by atoms with Crippen molar-refractivity contribution in [1.29, 1.82) is 0 Å². The fraction of sp³-hybridized carbons (Fsp3) is 0.857. The molecule has 0 N–H and O–H groups in total. The van der Waals surface area contributed by atoms with Crippen LogP contribution in [0.4, 0.5) is 0 Å². The molecule has 0 amide bonds. The topological polar surface area (TPSA) is 69.5 Å². The summed E-state index contributed by atoms with van der Waals surface area (Å²) in [6.07, 6.45) is -1.70. The van der Waals surface area contributed by atoms with Crippen molar-refractivity contribution in [2.24, 2.45) is 10.2 Å². The average molecular weight is 188 g/mol. The van der Waals surface area contributed by atoms with Crippen molar-refractivity contribution >= 4 is 5.97 Å². The van der Waals surface area contributed by atoms with E-state index in [1.165, 1.54) is 14.0 Å². The molecule has 0 spiro atoms. The minimum Gasteiger partial charge on any atom is -0.387 e. The molecule has 1 rings (SSSR count). The summed E-state index contributed by atoms with van der Waals surface area (Å²) >= 11 is 0. The van der Waals surface area contributed by atoms with Gasteiger partial charge in [0.1, 0.15) is 0 Å². The number of rotatable bonds is 2. The third-order valence-corrected chi connectivity index (χ3v) is 1.32. The highest BCUT2D eigenvalue weighted by atomic mass is 16.9. The monoisotopic (exact) mass is 188 g/mol. The predicted molar refractivity (Wildman–Crippen MR) is 41.5 cm³/mol. The zero-order chi connectivity index (χ0) is 10.1. The summed E-state index contributed by atoms with van der Waals surface area (Å²) in [5.74, 6) is -0.543. The first-order valence-corrected chi connectivity index (χ1v) is 3.78. The van der Waals surface area contributed by atoms with Gasteiger partial charge in [0.15, 0.2) is 5.72 Å². The molecule has 1 heterocycles. The fourth-order valence-corrected chi connectivity index (χ4v) is 0.885.